The molecule has 0 fully saturated rings. The number of alkyl carbamates (subject to hydrolysis) is 1. The second-order valence-corrected chi connectivity index (χ2v) is 5.59. The van der Waals surface area contributed by atoms with Crippen LogP contribution in [0.5, 0.6) is 11.6 Å². The second kappa shape index (κ2) is 10.1. The highest BCUT2D eigenvalue weighted by atomic mass is 16.5. The van der Waals surface area contributed by atoms with Crippen LogP contribution in [0.25, 0.3) is 0 Å². The first-order valence-corrected chi connectivity index (χ1v) is 8.41. The minimum absolute atomic E-state index is 0.407. The number of nitrogens with zero attached hydrogens (tertiary/aromatic N) is 2. The Morgan fingerprint density at radius 3 is 2.77 bits per heavy atom. The number of carbonyl (C=O) groups excluding carboxylic acids is 1. The van der Waals surface area contributed by atoms with Gasteiger partial charge in [-0.1, -0.05) is 0 Å². The summed E-state index contributed by atoms with van der Waals surface area (Å²) in [6.07, 6.45) is 2.24. The number of aryl methyl sites for hydroxylation is 1. The van der Waals surface area contributed by atoms with Crippen molar-refractivity contribution in [1.29, 1.82) is 0 Å². The molecule has 0 saturated heterocycles. The number of aromatic amines is 1. The Morgan fingerprint density at radius 1 is 1.23 bits per heavy atom. The molecule has 0 atom stereocenters. The lowest BCUT2D eigenvalue weighted by Gasteiger charge is -2.11. The number of pyridine rings is 1. The summed E-state index contributed by atoms with van der Waals surface area (Å²) in [6.45, 7) is 3.05. The van der Waals surface area contributed by atoms with Crippen LogP contribution in [-0.2, 0) is 4.74 Å². The summed E-state index contributed by atoms with van der Waals surface area (Å²) in [7, 11) is 2.93. The lowest BCUT2D eigenvalue weighted by atomic mass is 10.2. The molecular weight excluding hydrogens is 338 g/mol. The molecule has 3 N–H and O–H groups in total. The summed E-state index contributed by atoms with van der Waals surface area (Å²) in [5.41, 5.74) is 0.945. The van der Waals surface area contributed by atoms with Crippen molar-refractivity contribution in [2.45, 2.75) is 26.2 Å². The third-order valence-electron chi connectivity index (χ3n) is 3.53. The Balaban J connectivity index is 1.78. The summed E-state index contributed by atoms with van der Waals surface area (Å²) < 4.78 is 15.5. The highest BCUT2D eigenvalue weighted by Crippen LogP contribution is 2.27. The van der Waals surface area contributed by atoms with Crippen LogP contribution in [0, 0.1) is 6.92 Å². The molecular formula is C17H25N5O4. The Bertz CT molecular complexity index is 704. The second-order valence-electron chi connectivity index (χ2n) is 5.59. The predicted octanol–water partition coefficient (Wildman–Crippen LogP) is 2.77. The molecule has 0 unspecified atom stereocenters. The number of hydrogen-bond donors (Lipinski definition) is 3. The number of anilines is 2. The van der Waals surface area contributed by atoms with Crippen molar-refractivity contribution < 1.29 is 19.0 Å². The fourth-order valence-corrected chi connectivity index (χ4v) is 2.21. The average molecular weight is 363 g/mol. The Labute approximate surface area is 152 Å². The van der Waals surface area contributed by atoms with Crippen LogP contribution in [-0.4, -0.2) is 48.6 Å². The highest BCUT2D eigenvalue weighted by Gasteiger charge is 2.09. The molecule has 0 saturated carbocycles. The van der Waals surface area contributed by atoms with Crippen LogP contribution in [0.4, 0.5) is 16.4 Å². The number of methoxy groups -OCH3 is 2. The van der Waals surface area contributed by atoms with Gasteiger partial charge in [0.1, 0.15) is 0 Å². The number of amides is 1. The van der Waals surface area contributed by atoms with Crippen LogP contribution in [0.15, 0.2) is 18.2 Å². The summed E-state index contributed by atoms with van der Waals surface area (Å²) >= 11 is 0. The maximum Gasteiger partial charge on any atom is 0.406 e. The Morgan fingerprint density at radius 2 is 2.08 bits per heavy atom. The topological polar surface area (TPSA) is 110 Å². The molecule has 9 heteroatoms. The number of aromatic nitrogens is 3. The van der Waals surface area contributed by atoms with E-state index in [1.165, 1.54) is 7.11 Å². The molecule has 0 spiro atoms. The molecule has 0 bridgehead atoms. The van der Waals surface area contributed by atoms with E-state index in [9.17, 15) is 4.79 Å². The van der Waals surface area contributed by atoms with E-state index < -0.39 is 6.09 Å². The van der Waals surface area contributed by atoms with Crippen molar-refractivity contribution in [3.63, 3.8) is 0 Å². The SMILES string of the molecule is COC(=O)NCCCCCOc1ccc(OC)c(Nc2cc(C)[nH]n2)n1. The van der Waals surface area contributed by atoms with Gasteiger partial charge < -0.3 is 24.8 Å². The largest absolute Gasteiger partial charge is 0.493 e. The van der Waals surface area contributed by atoms with Gasteiger partial charge in [-0.25, -0.2) is 4.79 Å². The van der Waals surface area contributed by atoms with Crippen LogP contribution in [0.3, 0.4) is 0 Å². The third kappa shape index (κ3) is 6.15. The number of unbranched alkanes of at least 4 members (excludes halogenated alkanes) is 2. The average Bonchev–Trinajstić information content (AvgIpc) is 3.05. The van der Waals surface area contributed by atoms with E-state index in [0.717, 1.165) is 25.0 Å². The van der Waals surface area contributed by atoms with Crippen molar-refractivity contribution in [3.8, 4) is 11.6 Å². The number of ether oxygens (including phenoxy) is 3. The van der Waals surface area contributed by atoms with Crippen LogP contribution in [0.1, 0.15) is 25.0 Å². The van der Waals surface area contributed by atoms with Gasteiger partial charge in [-0.05, 0) is 32.3 Å². The minimum atomic E-state index is -0.407. The molecule has 9 nitrogen and oxygen atoms in total. The van der Waals surface area contributed by atoms with E-state index in [1.54, 1.807) is 19.2 Å². The van der Waals surface area contributed by atoms with Crippen molar-refractivity contribution in [1.82, 2.24) is 20.5 Å². The number of rotatable bonds is 10. The third-order valence-corrected chi connectivity index (χ3v) is 3.53. The molecule has 2 heterocycles. The molecule has 2 rings (SSSR count). The van der Waals surface area contributed by atoms with Crippen molar-refractivity contribution in [2.24, 2.45) is 0 Å². The molecule has 142 valence electrons. The van der Waals surface area contributed by atoms with Crippen molar-refractivity contribution in [2.75, 3.05) is 32.7 Å². The number of H-pyrrole nitrogens is 1. The van der Waals surface area contributed by atoms with Crippen molar-refractivity contribution >= 4 is 17.7 Å². The first-order valence-electron chi connectivity index (χ1n) is 8.41. The van der Waals surface area contributed by atoms with Gasteiger partial charge >= 0.3 is 6.09 Å². The van der Waals surface area contributed by atoms with Gasteiger partial charge in [0, 0.05) is 24.4 Å². The van der Waals surface area contributed by atoms with Crippen molar-refractivity contribution in [3.05, 3.63) is 23.9 Å². The number of carbonyl (C=O) groups is 1. The highest BCUT2D eigenvalue weighted by molar-refractivity contribution is 5.66. The monoisotopic (exact) mass is 363 g/mol. The molecule has 2 aromatic heterocycles. The van der Waals surface area contributed by atoms with Crippen LogP contribution < -0.4 is 20.1 Å². The molecule has 2 aromatic rings. The normalized spacial score (nSPS) is 10.3. The summed E-state index contributed by atoms with van der Waals surface area (Å²) in [5, 5.41) is 12.7. The fourth-order valence-electron chi connectivity index (χ4n) is 2.21. The van der Waals surface area contributed by atoms with Gasteiger partial charge in [0.05, 0.1) is 20.8 Å². The maximum atomic E-state index is 10.9. The molecule has 1 amide bonds. The zero-order chi connectivity index (χ0) is 18.8. The molecule has 0 aromatic carbocycles. The predicted molar refractivity (Wildman–Crippen MR) is 97.2 cm³/mol. The first-order chi connectivity index (χ1) is 12.6. The minimum Gasteiger partial charge on any atom is -0.493 e. The smallest absolute Gasteiger partial charge is 0.406 e. The van der Waals surface area contributed by atoms with E-state index in [-0.39, 0.29) is 0 Å². The maximum absolute atomic E-state index is 10.9. The van der Waals surface area contributed by atoms with Crippen LogP contribution in [0.2, 0.25) is 0 Å². The van der Waals surface area contributed by atoms with Gasteiger partial charge in [0.2, 0.25) is 5.88 Å². The zero-order valence-electron chi connectivity index (χ0n) is 15.3. The standard InChI is InChI=1S/C17H25N5O4/c1-12-11-14(22-21-12)19-16-13(24-2)7-8-15(20-16)26-10-6-4-5-9-18-17(23)25-3/h7-8,11H,4-6,9-10H2,1-3H3,(H,18,23)(H2,19,20,21,22). The molecule has 0 aliphatic carbocycles. The van der Waals surface area contributed by atoms with Gasteiger partial charge in [-0.2, -0.15) is 10.1 Å². The lowest BCUT2D eigenvalue weighted by molar-refractivity contribution is 0.171. The van der Waals surface area contributed by atoms with Crippen LogP contribution >= 0.6 is 0 Å². The Kier molecular flexibility index (Phi) is 7.53. The van der Waals surface area contributed by atoms with E-state index >= 15 is 0 Å². The molecule has 0 aliphatic rings. The van der Waals surface area contributed by atoms with E-state index in [2.05, 4.69) is 30.6 Å². The zero-order valence-corrected chi connectivity index (χ0v) is 15.3. The first kappa shape index (κ1) is 19.4. The summed E-state index contributed by atoms with van der Waals surface area (Å²) in [6, 6.07) is 5.43. The molecule has 26 heavy (non-hydrogen) atoms. The number of nitrogens with one attached hydrogen (secondary N) is 3. The lowest BCUT2D eigenvalue weighted by Crippen LogP contribution is -2.23. The van der Waals surface area contributed by atoms with Gasteiger partial charge in [0.25, 0.3) is 0 Å². The quantitative estimate of drug-likeness (QED) is 0.557. The summed E-state index contributed by atoms with van der Waals surface area (Å²) in [5.74, 6) is 2.31. The summed E-state index contributed by atoms with van der Waals surface area (Å²) in [4.78, 5) is 15.3. The number of hydrogen-bond acceptors (Lipinski definition) is 7. The van der Waals surface area contributed by atoms with Gasteiger partial charge in [-0.15, -0.1) is 0 Å². The molecule has 0 aliphatic heterocycles. The van der Waals surface area contributed by atoms with E-state index in [1.807, 2.05) is 13.0 Å². The van der Waals surface area contributed by atoms with Gasteiger partial charge in [0.15, 0.2) is 17.4 Å². The molecule has 0 radical (unpaired) electrons. The fraction of sp³-hybridized carbons (Fsp3) is 0.471. The van der Waals surface area contributed by atoms with Gasteiger partial charge in [-0.3, -0.25) is 5.10 Å². The van der Waals surface area contributed by atoms with E-state index in [4.69, 9.17) is 9.47 Å². The Hall–Kier alpha value is -2.97. The van der Waals surface area contributed by atoms with E-state index in [0.29, 0.717) is 36.4 Å².